The Morgan fingerprint density at radius 3 is 2.29 bits per heavy atom. The standard InChI is InChI=1S/C16H31N/c1-13(2)11-17-12-15-9-5-6-10-16(15)14-7-3-4-8-14/h13-17H,3-12H2,1-2H3. The molecule has 100 valence electrons. The van der Waals surface area contributed by atoms with Crippen LogP contribution >= 0.6 is 0 Å². The number of hydrogen-bond donors (Lipinski definition) is 1. The fourth-order valence-electron chi connectivity index (χ4n) is 4.05. The number of rotatable bonds is 5. The van der Waals surface area contributed by atoms with Gasteiger partial charge in [-0.1, -0.05) is 52.4 Å². The maximum absolute atomic E-state index is 3.71. The summed E-state index contributed by atoms with van der Waals surface area (Å²) in [4.78, 5) is 0. The van der Waals surface area contributed by atoms with E-state index in [0.29, 0.717) is 0 Å². The fourth-order valence-corrected chi connectivity index (χ4v) is 4.05. The third-order valence-corrected chi connectivity index (χ3v) is 4.93. The van der Waals surface area contributed by atoms with Crippen molar-refractivity contribution in [2.75, 3.05) is 13.1 Å². The first-order valence-corrected chi connectivity index (χ1v) is 7.98. The van der Waals surface area contributed by atoms with Crippen LogP contribution in [-0.2, 0) is 0 Å². The van der Waals surface area contributed by atoms with Crippen LogP contribution in [0.1, 0.15) is 65.2 Å². The van der Waals surface area contributed by atoms with Crippen LogP contribution in [-0.4, -0.2) is 13.1 Å². The van der Waals surface area contributed by atoms with Crippen LogP contribution in [0.3, 0.4) is 0 Å². The van der Waals surface area contributed by atoms with Gasteiger partial charge < -0.3 is 5.32 Å². The highest BCUT2D eigenvalue weighted by molar-refractivity contribution is 4.84. The van der Waals surface area contributed by atoms with Gasteiger partial charge in [0.15, 0.2) is 0 Å². The molecule has 0 saturated heterocycles. The van der Waals surface area contributed by atoms with Crippen molar-refractivity contribution in [2.24, 2.45) is 23.7 Å². The Bertz CT molecular complexity index is 206. The third kappa shape index (κ3) is 3.98. The quantitative estimate of drug-likeness (QED) is 0.754. The molecule has 2 aliphatic rings. The molecule has 1 N–H and O–H groups in total. The van der Waals surface area contributed by atoms with Gasteiger partial charge in [-0.2, -0.15) is 0 Å². The topological polar surface area (TPSA) is 12.0 Å². The van der Waals surface area contributed by atoms with Crippen molar-refractivity contribution in [3.63, 3.8) is 0 Å². The van der Waals surface area contributed by atoms with E-state index < -0.39 is 0 Å². The van der Waals surface area contributed by atoms with Gasteiger partial charge in [0.25, 0.3) is 0 Å². The van der Waals surface area contributed by atoms with Crippen molar-refractivity contribution >= 4 is 0 Å². The summed E-state index contributed by atoms with van der Waals surface area (Å²) < 4.78 is 0. The molecular formula is C16H31N. The van der Waals surface area contributed by atoms with E-state index in [1.54, 1.807) is 0 Å². The van der Waals surface area contributed by atoms with E-state index in [2.05, 4.69) is 19.2 Å². The van der Waals surface area contributed by atoms with E-state index in [1.165, 1.54) is 64.5 Å². The average molecular weight is 237 g/mol. The molecule has 0 radical (unpaired) electrons. The predicted octanol–water partition coefficient (Wildman–Crippen LogP) is 4.23. The van der Waals surface area contributed by atoms with E-state index in [9.17, 15) is 0 Å². The molecule has 0 aliphatic heterocycles. The summed E-state index contributed by atoms with van der Waals surface area (Å²) in [5.74, 6) is 3.93. The van der Waals surface area contributed by atoms with Crippen molar-refractivity contribution in [1.82, 2.24) is 5.32 Å². The molecule has 2 fully saturated rings. The van der Waals surface area contributed by atoms with Gasteiger partial charge in [0, 0.05) is 0 Å². The summed E-state index contributed by atoms with van der Waals surface area (Å²) in [6.45, 7) is 7.11. The zero-order chi connectivity index (χ0) is 12.1. The zero-order valence-electron chi connectivity index (χ0n) is 11.9. The molecule has 0 amide bonds. The van der Waals surface area contributed by atoms with Gasteiger partial charge >= 0.3 is 0 Å². The van der Waals surface area contributed by atoms with Crippen LogP contribution in [0.4, 0.5) is 0 Å². The minimum atomic E-state index is 0.795. The molecule has 2 atom stereocenters. The number of nitrogens with one attached hydrogen (secondary N) is 1. The second-order valence-electron chi connectivity index (χ2n) is 6.81. The Labute approximate surface area is 108 Å². The van der Waals surface area contributed by atoms with Gasteiger partial charge in [-0.25, -0.2) is 0 Å². The highest BCUT2D eigenvalue weighted by atomic mass is 14.9. The first kappa shape index (κ1) is 13.4. The molecule has 2 saturated carbocycles. The maximum Gasteiger partial charge on any atom is -0.00177 e. The Balaban J connectivity index is 1.79. The molecule has 2 rings (SSSR count). The summed E-state index contributed by atoms with van der Waals surface area (Å²) in [5, 5.41) is 3.71. The Morgan fingerprint density at radius 2 is 1.59 bits per heavy atom. The minimum absolute atomic E-state index is 0.795. The first-order valence-electron chi connectivity index (χ1n) is 7.98. The second-order valence-corrected chi connectivity index (χ2v) is 6.81. The molecular weight excluding hydrogens is 206 g/mol. The molecule has 0 bridgehead atoms. The van der Waals surface area contributed by atoms with Gasteiger partial charge in [0.1, 0.15) is 0 Å². The van der Waals surface area contributed by atoms with Crippen LogP contribution in [0.25, 0.3) is 0 Å². The SMILES string of the molecule is CC(C)CNCC1CCCCC1C1CCCC1. The fraction of sp³-hybridized carbons (Fsp3) is 1.00. The lowest BCUT2D eigenvalue weighted by Gasteiger charge is -2.36. The van der Waals surface area contributed by atoms with E-state index in [0.717, 1.165) is 23.7 Å². The predicted molar refractivity (Wildman–Crippen MR) is 75.1 cm³/mol. The maximum atomic E-state index is 3.71. The van der Waals surface area contributed by atoms with Gasteiger partial charge in [-0.05, 0) is 49.6 Å². The van der Waals surface area contributed by atoms with Crippen molar-refractivity contribution in [3.05, 3.63) is 0 Å². The molecule has 0 aromatic carbocycles. The van der Waals surface area contributed by atoms with Crippen molar-refractivity contribution in [1.29, 1.82) is 0 Å². The molecule has 0 aromatic rings. The summed E-state index contributed by atoms with van der Waals surface area (Å²) in [6.07, 6.45) is 12.1. The van der Waals surface area contributed by atoms with E-state index in [-0.39, 0.29) is 0 Å². The summed E-state index contributed by atoms with van der Waals surface area (Å²) in [6, 6.07) is 0. The van der Waals surface area contributed by atoms with E-state index >= 15 is 0 Å². The first-order chi connectivity index (χ1) is 8.27. The smallest absolute Gasteiger partial charge is 0.00177 e. The monoisotopic (exact) mass is 237 g/mol. The summed E-state index contributed by atoms with van der Waals surface area (Å²) in [5.41, 5.74) is 0. The Morgan fingerprint density at radius 1 is 0.941 bits per heavy atom. The van der Waals surface area contributed by atoms with Gasteiger partial charge in [0.05, 0.1) is 0 Å². The van der Waals surface area contributed by atoms with Crippen LogP contribution in [0.15, 0.2) is 0 Å². The van der Waals surface area contributed by atoms with E-state index in [1.807, 2.05) is 0 Å². The lowest BCUT2D eigenvalue weighted by atomic mass is 9.71. The highest BCUT2D eigenvalue weighted by Gasteiger charge is 2.32. The normalized spacial score (nSPS) is 31.2. The number of hydrogen-bond acceptors (Lipinski definition) is 1. The molecule has 2 unspecified atom stereocenters. The highest BCUT2D eigenvalue weighted by Crippen LogP contribution is 2.42. The molecule has 1 heteroatoms. The van der Waals surface area contributed by atoms with Crippen molar-refractivity contribution < 1.29 is 0 Å². The summed E-state index contributed by atoms with van der Waals surface area (Å²) in [7, 11) is 0. The molecule has 1 nitrogen and oxygen atoms in total. The Kier molecular flexibility index (Phi) is 5.34. The molecule has 0 heterocycles. The molecule has 0 aromatic heterocycles. The molecule has 0 spiro atoms. The lowest BCUT2D eigenvalue weighted by Crippen LogP contribution is -2.35. The van der Waals surface area contributed by atoms with Gasteiger partial charge in [-0.15, -0.1) is 0 Å². The Hall–Kier alpha value is -0.0400. The second kappa shape index (κ2) is 6.78. The zero-order valence-corrected chi connectivity index (χ0v) is 11.9. The lowest BCUT2D eigenvalue weighted by molar-refractivity contribution is 0.158. The van der Waals surface area contributed by atoms with E-state index in [4.69, 9.17) is 0 Å². The largest absolute Gasteiger partial charge is 0.316 e. The summed E-state index contributed by atoms with van der Waals surface area (Å²) >= 11 is 0. The molecule has 2 aliphatic carbocycles. The van der Waals surface area contributed by atoms with Crippen LogP contribution in [0, 0.1) is 23.7 Å². The third-order valence-electron chi connectivity index (χ3n) is 4.93. The van der Waals surface area contributed by atoms with Gasteiger partial charge in [0.2, 0.25) is 0 Å². The van der Waals surface area contributed by atoms with Gasteiger partial charge in [-0.3, -0.25) is 0 Å². The van der Waals surface area contributed by atoms with Crippen molar-refractivity contribution in [2.45, 2.75) is 65.2 Å². The van der Waals surface area contributed by atoms with Crippen LogP contribution in [0.5, 0.6) is 0 Å². The van der Waals surface area contributed by atoms with Crippen LogP contribution < -0.4 is 5.32 Å². The minimum Gasteiger partial charge on any atom is -0.316 e. The van der Waals surface area contributed by atoms with Crippen LogP contribution in [0.2, 0.25) is 0 Å². The van der Waals surface area contributed by atoms with Crippen molar-refractivity contribution in [3.8, 4) is 0 Å². The average Bonchev–Trinajstić information content (AvgIpc) is 2.82. The molecule has 17 heavy (non-hydrogen) atoms.